The number of benzene rings is 1. The molecule has 2 rings (SSSR count). The van der Waals surface area contributed by atoms with Crippen LogP contribution in [0.15, 0.2) is 17.0 Å². The lowest BCUT2D eigenvalue weighted by Crippen LogP contribution is -2.37. The number of nitrogens with two attached hydrogens (primary N) is 1. The van der Waals surface area contributed by atoms with Gasteiger partial charge in [0, 0.05) is 25.9 Å². The first-order valence-electron chi connectivity index (χ1n) is 7.27. The first-order valence-corrected chi connectivity index (χ1v) is 8.71. The van der Waals surface area contributed by atoms with E-state index in [1.165, 1.54) is 4.31 Å². The van der Waals surface area contributed by atoms with Crippen LogP contribution in [0.25, 0.3) is 0 Å². The van der Waals surface area contributed by atoms with Crippen LogP contribution in [0.2, 0.25) is 0 Å². The van der Waals surface area contributed by atoms with Gasteiger partial charge in [0.15, 0.2) is 0 Å². The number of ether oxygens (including phenoxy) is 1. The van der Waals surface area contributed by atoms with Crippen molar-refractivity contribution in [2.45, 2.75) is 44.1 Å². The van der Waals surface area contributed by atoms with Gasteiger partial charge in [-0.25, -0.2) is 8.42 Å². The molecule has 0 radical (unpaired) electrons. The smallest absolute Gasteiger partial charge is 0.243 e. The third-order valence-electron chi connectivity index (χ3n) is 3.89. The molecule has 1 aliphatic rings. The normalized spacial score (nSPS) is 19.9. The third kappa shape index (κ3) is 3.56. The molecule has 1 fully saturated rings. The van der Waals surface area contributed by atoms with E-state index in [9.17, 15) is 8.42 Å². The molecule has 1 aliphatic heterocycles. The zero-order chi connectivity index (χ0) is 15.6. The summed E-state index contributed by atoms with van der Waals surface area (Å²) in [5, 5.41) is 0. The van der Waals surface area contributed by atoms with Crippen molar-refractivity contribution in [3.63, 3.8) is 0 Å². The minimum Gasteiger partial charge on any atom is -0.399 e. The molecule has 1 heterocycles. The van der Waals surface area contributed by atoms with Crippen LogP contribution in [0.5, 0.6) is 0 Å². The van der Waals surface area contributed by atoms with E-state index in [0.29, 0.717) is 28.3 Å². The Kier molecular flexibility index (Phi) is 4.91. The van der Waals surface area contributed by atoms with Gasteiger partial charge in [0.1, 0.15) is 0 Å². The summed E-state index contributed by atoms with van der Waals surface area (Å²) in [4.78, 5) is 0.356. The Hall–Kier alpha value is -1.11. The third-order valence-corrected chi connectivity index (χ3v) is 6.02. The van der Waals surface area contributed by atoms with Crippen LogP contribution in [0.1, 0.15) is 30.4 Å². The molecule has 118 valence electrons. The van der Waals surface area contributed by atoms with Crippen molar-refractivity contribution < 1.29 is 13.2 Å². The van der Waals surface area contributed by atoms with Crippen LogP contribution in [0.4, 0.5) is 5.69 Å². The van der Waals surface area contributed by atoms with Gasteiger partial charge in [-0.1, -0.05) is 0 Å². The maximum absolute atomic E-state index is 12.8. The van der Waals surface area contributed by atoms with E-state index in [2.05, 4.69) is 0 Å². The highest BCUT2D eigenvalue weighted by Gasteiger charge is 2.28. The summed E-state index contributed by atoms with van der Waals surface area (Å²) in [6, 6.07) is 3.40. The molecule has 0 saturated carbocycles. The molecule has 0 bridgehead atoms. The summed E-state index contributed by atoms with van der Waals surface area (Å²) in [6.45, 7) is 4.67. The number of hydrogen-bond acceptors (Lipinski definition) is 4. The quantitative estimate of drug-likeness (QED) is 0.864. The predicted octanol–water partition coefficient (Wildman–Crippen LogP) is 2.08. The zero-order valence-electron chi connectivity index (χ0n) is 12.9. The van der Waals surface area contributed by atoms with Gasteiger partial charge in [-0.2, -0.15) is 4.31 Å². The van der Waals surface area contributed by atoms with Gasteiger partial charge in [-0.3, -0.25) is 0 Å². The van der Waals surface area contributed by atoms with Crippen molar-refractivity contribution in [1.82, 2.24) is 4.31 Å². The molecule has 21 heavy (non-hydrogen) atoms. The lowest BCUT2D eigenvalue weighted by atomic mass is 10.1. The number of aryl methyl sites for hydroxylation is 2. The lowest BCUT2D eigenvalue weighted by Gasteiger charge is -2.27. The number of likely N-dealkylation sites (N-methyl/N-ethyl adjacent to an activating group) is 1. The summed E-state index contributed by atoms with van der Waals surface area (Å²) >= 11 is 0. The fraction of sp³-hybridized carbons (Fsp3) is 0.600. The van der Waals surface area contributed by atoms with Crippen molar-refractivity contribution >= 4 is 15.7 Å². The Balaban J connectivity index is 2.24. The topological polar surface area (TPSA) is 72.6 Å². The van der Waals surface area contributed by atoms with E-state index in [1.807, 2.05) is 0 Å². The van der Waals surface area contributed by atoms with E-state index in [0.717, 1.165) is 25.9 Å². The standard InChI is InChI=1S/C15H24N2O3S/c1-11-8-13(16)9-12(2)15(11)21(18,19)17(3)10-14-6-4-5-7-20-14/h8-9,14H,4-7,10,16H2,1-3H3. The molecule has 0 amide bonds. The van der Waals surface area contributed by atoms with Crippen molar-refractivity contribution in [3.8, 4) is 0 Å². The number of nitrogen functional groups attached to an aromatic ring is 1. The van der Waals surface area contributed by atoms with Crippen LogP contribution in [0.3, 0.4) is 0 Å². The predicted molar refractivity (Wildman–Crippen MR) is 83.7 cm³/mol. The lowest BCUT2D eigenvalue weighted by molar-refractivity contribution is 0.00858. The Labute approximate surface area is 127 Å². The molecule has 1 saturated heterocycles. The fourth-order valence-electron chi connectivity index (χ4n) is 2.88. The van der Waals surface area contributed by atoms with Crippen molar-refractivity contribution in [2.75, 3.05) is 25.9 Å². The van der Waals surface area contributed by atoms with Crippen molar-refractivity contribution in [2.24, 2.45) is 0 Å². The monoisotopic (exact) mass is 312 g/mol. The Morgan fingerprint density at radius 1 is 1.29 bits per heavy atom. The molecule has 5 nitrogen and oxygen atoms in total. The van der Waals surface area contributed by atoms with E-state index in [1.54, 1.807) is 33.0 Å². The van der Waals surface area contributed by atoms with Crippen molar-refractivity contribution in [1.29, 1.82) is 0 Å². The van der Waals surface area contributed by atoms with Gasteiger partial charge in [-0.05, 0) is 56.4 Å². The molecule has 0 spiro atoms. The molecule has 1 aromatic carbocycles. The summed E-state index contributed by atoms with van der Waals surface area (Å²) in [6.07, 6.45) is 3.06. The number of sulfonamides is 1. The summed E-state index contributed by atoms with van der Waals surface area (Å²) < 4.78 is 32.6. The maximum Gasteiger partial charge on any atom is 0.243 e. The van der Waals surface area contributed by atoms with Crippen molar-refractivity contribution in [3.05, 3.63) is 23.3 Å². The second-order valence-electron chi connectivity index (χ2n) is 5.76. The van der Waals surface area contributed by atoms with Gasteiger partial charge >= 0.3 is 0 Å². The van der Waals surface area contributed by atoms with Gasteiger partial charge in [0.05, 0.1) is 11.0 Å². The highest BCUT2D eigenvalue weighted by atomic mass is 32.2. The molecule has 0 aromatic heterocycles. The largest absolute Gasteiger partial charge is 0.399 e. The Bertz CT molecular complexity index is 584. The summed E-state index contributed by atoms with van der Waals surface area (Å²) in [5.74, 6) is 0. The van der Waals surface area contributed by atoms with Crippen LogP contribution >= 0.6 is 0 Å². The second-order valence-corrected chi connectivity index (χ2v) is 7.74. The highest BCUT2D eigenvalue weighted by molar-refractivity contribution is 7.89. The Morgan fingerprint density at radius 3 is 2.43 bits per heavy atom. The average Bonchev–Trinajstić information content (AvgIpc) is 2.38. The van der Waals surface area contributed by atoms with Gasteiger partial charge < -0.3 is 10.5 Å². The minimum absolute atomic E-state index is 0.00656. The molecule has 0 aliphatic carbocycles. The van der Waals surface area contributed by atoms with Crippen LogP contribution in [0, 0.1) is 13.8 Å². The van der Waals surface area contributed by atoms with E-state index >= 15 is 0 Å². The number of nitrogens with zero attached hydrogens (tertiary/aromatic N) is 1. The second kappa shape index (κ2) is 6.34. The van der Waals surface area contributed by atoms with E-state index < -0.39 is 10.0 Å². The summed E-state index contributed by atoms with van der Waals surface area (Å²) in [5.41, 5.74) is 7.72. The first kappa shape index (κ1) is 16.3. The number of hydrogen-bond donors (Lipinski definition) is 1. The van der Waals surface area contributed by atoms with Crippen LogP contribution in [-0.2, 0) is 14.8 Å². The van der Waals surface area contributed by atoms with Crippen LogP contribution in [-0.4, -0.2) is 39.0 Å². The molecule has 1 unspecified atom stereocenters. The molecule has 1 atom stereocenters. The minimum atomic E-state index is -3.52. The number of rotatable bonds is 4. The first-order chi connectivity index (χ1) is 9.82. The molecular weight excluding hydrogens is 288 g/mol. The molecule has 1 aromatic rings. The van der Waals surface area contributed by atoms with E-state index in [4.69, 9.17) is 10.5 Å². The Morgan fingerprint density at radius 2 is 1.90 bits per heavy atom. The molecule has 2 N–H and O–H groups in total. The fourth-order valence-corrected chi connectivity index (χ4v) is 4.49. The SMILES string of the molecule is Cc1cc(N)cc(C)c1S(=O)(=O)N(C)CC1CCCCO1. The molecule has 6 heteroatoms. The van der Waals surface area contributed by atoms with Gasteiger partial charge in [-0.15, -0.1) is 0 Å². The maximum atomic E-state index is 12.8. The van der Waals surface area contributed by atoms with Gasteiger partial charge in [0.25, 0.3) is 0 Å². The van der Waals surface area contributed by atoms with E-state index in [-0.39, 0.29) is 6.10 Å². The average molecular weight is 312 g/mol. The molecular formula is C15H24N2O3S. The number of anilines is 1. The van der Waals surface area contributed by atoms with Gasteiger partial charge in [0.2, 0.25) is 10.0 Å². The highest BCUT2D eigenvalue weighted by Crippen LogP contribution is 2.26. The zero-order valence-corrected chi connectivity index (χ0v) is 13.7. The summed E-state index contributed by atoms with van der Waals surface area (Å²) in [7, 11) is -1.91. The van der Waals surface area contributed by atoms with Crippen LogP contribution < -0.4 is 5.73 Å².